The molecule has 0 aliphatic heterocycles. The molecule has 1 unspecified atom stereocenters. The first-order valence-corrected chi connectivity index (χ1v) is 5.62. The third kappa shape index (κ3) is 8.48. The summed E-state index contributed by atoms with van der Waals surface area (Å²) in [7, 11) is 0. The Labute approximate surface area is 87.6 Å². The molecule has 0 saturated heterocycles. The predicted octanol–water partition coefficient (Wildman–Crippen LogP) is 1.68. The van der Waals surface area contributed by atoms with Crippen LogP contribution in [0, 0.1) is 0 Å². The first-order chi connectivity index (χ1) is 6.62. The summed E-state index contributed by atoms with van der Waals surface area (Å²) in [6.07, 6.45) is 6.16. The maximum atomic E-state index is 9.51. The number of hydrogen-bond acceptors (Lipinski definition) is 3. The molecule has 0 aromatic rings. The molecule has 0 aromatic carbocycles. The maximum Gasteiger partial charge on any atom is 0.0973 e. The van der Waals surface area contributed by atoms with Crippen molar-refractivity contribution in [2.45, 2.75) is 51.6 Å². The lowest BCUT2D eigenvalue weighted by molar-refractivity contribution is -0.0279. The van der Waals surface area contributed by atoms with Crippen LogP contribution in [0.2, 0.25) is 0 Å². The molecule has 0 aromatic heterocycles. The van der Waals surface area contributed by atoms with Crippen LogP contribution in [0.4, 0.5) is 0 Å². The number of unbranched alkanes of at least 4 members (excludes halogenated alkanes) is 4. The highest BCUT2D eigenvalue weighted by molar-refractivity contribution is 4.71. The average Bonchev–Trinajstić information content (AvgIpc) is 2.16. The second-order valence-corrected chi connectivity index (χ2v) is 4.17. The summed E-state index contributed by atoms with van der Waals surface area (Å²) >= 11 is 0. The standard InChI is InChI=1S/C11H25NO2/c1-3-4-5-6-7-8-14-10-11(2,13)9-12/h13H,3-10,12H2,1-2H3. The Balaban J connectivity index is 3.13. The fraction of sp³-hybridized carbons (Fsp3) is 1.00. The van der Waals surface area contributed by atoms with E-state index in [4.69, 9.17) is 10.5 Å². The van der Waals surface area contributed by atoms with Crippen LogP contribution in [0.15, 0.2) is 0 Å². The van der Waals surface area contributed by atoms with Gasteiger partial charge in [0, 0.05) is 13.2 Å². The molecule has 14 heavy (non-hydrogen) atoms. The van der Waals surface area contributed by atoms with Crippen molar-refractivity contribution in [1.29, 1.82) is 0 Å². The molecular formula is C11H25NO2. The van der Waals surface area contributed by atoms with E-state index in [0.717, 1.165) is 13.0 Å². The molecule has 0 bridgehead atoms. The van der Waals surface area contributed by atoms with Gasteiger partial charge >= 0.3 is 0 Å². The predicted molar refractivity (Wildman–Crippen MR) is 59.3 cm³/mol. The quantitative estimate of drug-likeness (QED) is 0.561. The molecule has 0 saturated carbocycles. The van der Waals surface area contributed by atoms with Gasteiger partial charge < -0.3 is 15.6 Å². The molecule has 3 N–H and O–H groups in total. The number of nitrogens with two attached hydrogens (primary N) is 1. The lowest BCUT2D eigenvalue weighted by Gasteiger charge is -2.20. The Bertz CT molecular complexity index is 126. The Hall–Kier alpha value is -0.120. The normalized spacial score (nSPS) is 15.4. The molecule has 86 valence electrons. The molecule has 0 aliphatic carbocycles. The first-order valence-electron chi connectivity index (χ1n) is 5.62. The highest BCUT2D eigenvalue weighted by Crippen LogP contribution is 2.04. The summed E-state index contributed by atoms with van der Waals surface area (Å²) in [6.45, 7) is 5.24. The van der Waals surface area contributed by atoms with Gasteiger partial charge in [0.2, 0.25) is 0 Å². The van der Waals surface area contributed by atoms with Crippen molar-refractivity contribution < 1.29 is 9.84 Å². The van der Waals surface area contributed by atoms with Gasteiger partial charge in [0.15, 0.2) is 0 Å². The Morgan fingerprint density at radius 3 is 2.43 bits per heavy atom. The SMILES string of the molecule is CCCCCCCOCC(C)(O)CN. The number of rotatable bonds is 9. The Morgan fingerprint density at radius 1 is 1.21 bits per heavy atom. The number of hydrogen-bond donors (Lipinski definition) is 2. The molecular weight excluding hydrogens is 178 g/mol. The van der Waals surface area contributed by atoms with Gasteiger partial charge in [-0.05, 0) is 13.3 Å². The summed E-state index contributed by atoms with van der Waals surface area (Å²) in [5.74, 6) is 0. The van der Waals surface area contributed by atoms with Crippen molar-refractivity contribution in [2.75, 3.05) is 19.8 Å². The van der Waals surface area contributed by atoms with Crippen LogP contribution in [0.5, 0.6) is 0 Å². The second-order valence-electron chi connectivity index (χ2n) is 4.17. The van der Waals surface area contributed by atoms with Gasteiger partial charge in [0.05, 0.1) is 12.2 Å². The Morgan fingerprint density at radius 2 is 1.86 bits per heavy atom. The van der Waals surface area contributed by atoms with E-state index >= 15 is 0 Å². The molecule has 0 amide bonds. The molecule has 0 heterocycles. The van der Waals surface area contributed by atoms with Crippen LogP contribution in [-0.4, -0.2) is 30.5 Å². The number of aliphatic hydroxyl groups is 1. The van der Waals surface area contributed by atoms with Gasteiger partial charge in [-0.1, -0.05) is 32.6 Å². The van der Waals surface area contributed by atoms with Gasteiger partial charge in [-0.15, -0.1) is 0 Å². The lowest BCUT2D eigenvalue weighted by Crippen LogP contribution is -2.39. The number of ether oxygens (including phenoxy) is 1. The Kier molecular flexibility index (Phi) is 8.14. The molecule has 0 spiro atoms. The monoisotopic (exact) mass is 203 g/mol. The largest absolute Gasteiger partial charge is 0.386 e. The van der Waals surface area contributed by atoms with Crippen molar-refractivity contribution in [3.05, 3.63) is 0 Å². The maximum absolute atomic E-state index is 9.51. The molecule has 1 atom stereocenters. The highest BCUT2D eigenvalue weighted by Gasteiger charge is 2.17. The van der Waals surface area contributed by atoms with Crippen molar-refractivity contribution in [3.8, 4) is 0 Å². The van der Waals surface area contributed by atoms with E-state index in [1.165, 1.54) is 25.7 Å². The molecule has 0 rings (SSSR count). The van der Waals surface area contributed by atoms with E-state index in [1.807, 2.05) is 0 Å². The minimum absolute atomic E-state index is 0.253. The zero-order valence-corrected chi connectivity index (χ0v) is 9.59. The van der Waals surface area contributed by atoms with Gasteiger partial charge in [-0.25, -0.2) is 0 Å². The van der Waals surface area contributed by atoms with E-state index < -0.39 is 5.60 Å². The van der Waals surface area contributed by atoms with Crippen LogP contribution in [0.25, 0.3) is 0 Å². The molecule has 0 radical (unpaired) electrons. The van der Waals surface area contributed by atoms with E-state index in [2.05, 4.69) is 6.92 Å². The summed E-state index contributed by atoms with van der Waals surface area (Å²) in [5.41, 5.74) is 4.50. The van der Waals surface area contributed by atoms with Gasteiger partial charge in [0.1, 0.15) is 0 Å². The third-order valence-corrected chi connectivity index (χ3v) is 2.24. The molecule has 3 heteroatoms. The van der Waals surface area contributed by atoms with Crippen LogP contribution in [0.1, 0.15) is 46.0 Å². The van der Waals surface area contributed by atoms with E-state index in [0.29, 0.717) is 6.61 Å². The fourth-order valence-corrected chi connectivity index (χ4v) is 1.16. The van der Waals surface area contributed by atoms with E-state index in [-0.39, 0.29) is 6.54 Å². The van der Waals surface area contributed by atoms with Gasteiger partial charge in [-0.2, -0.15) is 0 Å². The van der Waals surface area contributed by atoms with Crippen molar-refractivity contribution in [1.82, 2.24) is 0 Å². The smallest absolute Gasteiger partial charge is 0.0973 e. The molecule has 0 fully saturated rings. The minimum atomic E-state index is -0.858. The minimum Gasteiger partial charge on any atom is -0.386 e. The third-order valence-electron chi connectivity index (χ3n) is 2.24. The zero-order valence-electron chi connectivity index (χ0n) is 9.59. The van der Waals surface area contributed by atoms with Gasteiger partial charge in [0.25, 0.3) is 0 Å². The van der Waals surface area contributed by atoms with Crippen LogP contribution >= 0.6 is 0 Å². The molecule has 3 nitrogen and oxygen atoms in total. The average molecular weight is 203 g/mol. The van der Waals surface area contributed by atoms with Crippen LogP contribution < -0.4 is 5.73 Å². The van der Waals surface area contributed by atoms with Crippen molar-refractivity contribution in [2.24, 2.45) is 5.73 Å². The fourth-order valence-electron chi connectivity index (χ4n) is 1.16. The van der Waals surface area contributed by atoms with Crippen LogP contribution in [-0.2, 0) is 4.74 Å². The first kappa shape index (κ1) is 13.9. The summed E-state index contributed by atoms with van der Waals surface area (Å²) in [5, 5.41) is 9.51. The van der Waals surface area contributed by atoms with Crippen molar-refractivity contribution >= 4 is 0 Å². The summed E-state index contributed by atoms with van der Waals surface area (Å²) in [4.78, 5) is 0. The van der Waals surface area contributed by atoms with E-state index in [1.54, 1.807) is 6.92 Å². The summed E-state index contributed by atoms with van der Waals surface area (Å²) < 4.78 is 5.34. The van der Waals surface area contributed by atoms with Gasteiger partial charge in [-0.3, -0.25) is 0 Å². The second kappa shape index (κ2) is 8.21. The van der Waals surface area contributed by atoms with Crippen molar-refractivity contribution in [3.63, 3.8) is 0 Å². The highest BCUT2D eigenvalue weighted by atomic mass is 16.5. The van der Waals surface area contributed by atoms with Crippen LogP contribution in [0.3, 0.4) is 0 Å². The molecule has 0 aliphatic rings. The zero-order chi connectivity index (χ0) is 10.9. The van der Waals surface area contributed by atoms with E-state index in [9.17, 15) is 5.11 Å². The topological polar surface area (TPSA) is 55.5 Å². The summed E-state index contributed by atoms with van der Waals surface area (Å²) in [6, 6.07) is 0. The lowest BCUT2D eigenvalue weighted by atomic mass is 10.1.